The van der Waals surface area contributed by atoms with Gasteiger partial charge in [0.25, 0.3) is 0 Å². The first kappa shape index (κ1) is 18.2. The number of benzene rings is 1. The number of amides is 1. The van der Waals surface area contributed by atoms with Crippen molar-refractivity contribution in [2.24, 2.45) is 0 Å². The van der Waals surface area contributed by atoms with E-state index in [1.165, 1.54) is 5.56 Å². The first-order valence-corrected chi connectivity index (χ1v) is 9.56. The van der Waals surface area contributed by atoms with E-state index in [9.17, 15) is 4.79 Å². The number of carbonyl (C=O) groups is 1. The Morgan fingerprint density at radius 2 is 2.04 bits per heavy atom. The Balaban J connectivity index is 1.73. The van der Waals surface area contributed by atoms with Crippen LogP contribution in [0.4, 0.5) is 0 Å². The van der Waals surface area contributed by atoms with Crippen molar-refractivity contribution in [2.45, 2.75) is 29.3 Å². The largest absolute Gasteiger partial charge is 0.347 e. The van der Waals surface area contributed by atoms with Gasteiger partial charge >= 0.3 is 0 Å². The number of aromatic nitrogens is 1. The molecule has 4 nitrogen and oxygen atoms in total. The fourth-order valence-electron chi connectivity index (χ4n) is 3.09. The number of carbonyl (C=O) groups excluding carboxylic acids is 1. The summed E-state index contributed by atoms with van der Waals surface area (Å²) in [6, 6.07) is 13.7. The molecule has 1 aromatic heterocycles. The number of hydrogen-bond donors (Lipinski definition) is 0. The van der Waals surface area contributed by atoms with Gasteiger partial charge < -0.3 is 4.90 Å². The molecule has 132 valence electrons. The van der Waals surface area contributed by atoms with E-state index in [4.69, 9.17) is 11.6 Å². The zero-order chi connectivity index (χ0) is 17.8. The molecule has 1 fully saturated rings. The predicted octanol–water partition coefficient (Wildman–Crippen LogP) is 3.56. The summed E-state index contributed by atoms with van der Waals surface area (Å²) >= 11 is 7.73. The maximum Gasteiger partial charge on any atom is 0.239 e. The summed E-state index contributed by atoms with van der Waals surface area (Å²) in [6.45, 7) is 1.62. The molecular formula is C19H22ClN3OS. The number of thioether (sulfide) groups is 1. The molecule has 0 aliphatic carbocycles. The molecule has 1 saturated heterocycles. The molecule has 0 bridgehead atoms. The Labute approximate surface area is 158 Å². The van der Waals surface area contributed by atoms with Crippen LogP contribution in [0, 0.1) is 0 Å². The van der Waals surface area contributed by atoms with Crippen molar-refractivity contribution in [1.82, 2.24) is 14.8 Å². The van der Waals surface area contributed by atoms with Gasteiger partial charge in [-0.05, 0) is 36.2 Å². The lowest BCUT2D eigenvalue weighted by atomic mass is 10.1. The van der Waals surface area contributed by atoms with Gasteiger partial charge in [-0.1, -0.05) is 29.8 Å². The molecule has 2 aromatic rings. The van der Waals surface area contributed by atoms with Crippen LogP contribution >= 0.6 is 23.4 Å². The van der Waals surface area contributed by atoms with Gasteiger partial charge in [-0.15, -0.1) is 11.8 Å². The summed E-state index contributed by atoms with van der Waals surface area (Å²) in [6.07, 6.45) is 2.65. The van der Waals surface area contributed by atoms with Crippen LogP contribution in [-0.2, 0) is 11.3 Å². The molecule has 6 heteroatoms. The molecule has 0 N–H and O–H groups in total. The number of hydrogen-bond acceptors (Lipinski definition) is 4. The van der Waals surface area contributed by atoms with E-state index < -0.39 is 0 Å². The summed E-state index contributed by atoms with van der Waals surface area (Å²) in [5.41, 5.74) is 1.17. The third kappa shape index (κ3) is 4.75. The third-order valence-corrected chi connectivity index (χ3v) is 5.72. The molecule has 0 radical (unpaired) electrons. The quantitative estimate of drug-likeness (QED) is 0.800. The van der Waals surface area contributed by atoms with Crippen molar-refractivity contribution in [3.8, 4) is 0 Å². The second-order valence-electron chi connectivity index (χ2n) is 6.45. The minimum atomic E-state index is -0.0908. The molecule has 0 saturated carbocycles. The monoisotopic (exact) mass is 375 g/mol. The molecule has 3 rings (SSSR count). The normalized spacial score (nSPS) is 20.6. The summed E-state index contributed by atoms with van der Waals surface area (Å²) in [4.78, 5) is 21.0. The van der Waals surface area contributed by atoms with Gasteiger partial charge in [0.1, 0.15) is 0 Å². The maximum absolute atomic E-state index is 12.6. The Kier molecular flexibility index (Phi) is 5.99. The lowest BCUT2D eigenvalue weighted by Crippen LogP contribution is -2.42. The molecule has 0 unspecified atom stereocenters. The molecule has 1 aliphatic heterocycles. The topological polar surface area (TPSA) is 36.4 Å². The number of likely N-dealkylation sites (N-methyl/N-ethyl adjacent to an activating group) is 1. The fourth-order valence-corrected chi connectivity index (χ4v) is 4.38. The fraction of sp³-hybridized carbons (Fsp3) is 0.368. The summed E-state index contributed by atoms with van der Waals surface area (Å²) < 4.78 is 0. The second-order valence-corrected chi connectivity index (χ2v) is 8.20. The Morgan fingerprint density at radius 3 is 2.68 bits per heavy atom. The highest BCUT2D eigenvalue weighted by Gasteiger charge is 2.38. The first-order valence-electron chi connectivity index (χ1n) is 8.30. The summed E-state index contributed by atoms with van der Waals surface area (Å²) in [5, 5.41) is 2.10. The molecule has 25 heavy (non-hydrogen) atoms. The molecule has 2 heterocycles. The molecule has 2 atom stereocenters. The van der Waals surface area contributed by atoms with Crippen LogP contribution < -0.4 is 0 Å². The average Bonchev–Trinajstić information content (AvgIpc) is 2.99. The third-order valence-electron chi connectivity index (χ3n) is 4.31. The average molecular weight is 376 g/mol. The number of pyridine rings is 1. The van der Waals surface area contributed by atoms with Crippen LogP contribution in [0.3, 0.4) is 0 Å². The van der Waals surface area contributed by atoms with E-state index in [1.54, 1.807) is 16.7 Å². The van der Waals surface area contributed by atoms with Crippen molar-refractivity contribution in [3.63, 3.8) is 0 Å². The number of nitrogens with zero attached hydrogens (tertiary/aromatic N) is 3. The summed E-state index contributed by atoms with van der Waals surface area (Å²) in [7, 11) is 3.64. The highest BCUT2D eigenvalue weighted by molar-refractivity contribution is 7.99. The number of halogens is 1. The van der Waals surface area contributed by atoms with Gasteiger partial charge in [0.2, 0.25) is 5.91 Å². The van der Waals surface area contributed by atoms with Crippen LogP contribution in [-0.4, -0.2) is 52.6 Å². The smallest absolute Gasteiger partial charge is 0.239 e. The van der Waals surface area contributed by atoms with Crippen LogP contribution in [0.15, 0.2) is 53.7 Å². The van der Waals surface area contributed by atoms with Crippen molar-refractivity contribution < 1.29 is 4.79 Å². The van der Waals surface area contributed by atoms with E-state index >= 15 is 0 Å². The van der Waals surface area contributed by atoms with Crippen LogP contribution in [0.2, 0.25) is 5.02 Å². The highest BCUT2D eigenvalue weighted by atomic mass is 35.5. The summed E-state index contributed by atoms with van der Waals surface area (Å²) in [5.74, 6) is 0.165. The van der Waals surface area contributed by atoms with Crippen LogP contribution in [0.25, 0.3) is 0 Å². The SMILES string of the molecule is CN(C)C(=O)[C@@H]1C[C@@H](Sc2ccccn2)CN1Cc1ccc(Cl)cc1. The highest BCUT2D eigenvalue weighted by Crippen LogP contribution is 2.33. The first-order chi connectivity index (χ1) is 12.0. The lowest BCUT2D eigenvalue weighted by molar-refractivity contribution is -0.133. The zero-order valence-corrected chi connectivity index (χ0v) is 16.0. The standard InChI is InChI=1S/C19H22ClN3OS/c1-22(2)19(24)17-11-16(25-18-5-3-4-10-21-18)13-23(17)12-14-6-8-15(20)9-7-14/h3-10,16-17H,11-13H2,1-2H3/t16-,17+/m1/s1. The molecule has 0 spiro atoms. The molecule has 1 aromatic carbocycles. The van der Waals surface area contributed by atoms with E-state index in [0.717, 1.165) is 29.6 Å². The zero-order valence-electron chi connectivity index (χ0n) is 14.4. The van der Waals surface area contributed by atoms with Gasteiger partial charge in [-0.3, -0.25) is 9.69 Å². The molecule has 1 aliphatic rings. The van der Waals surface area contributed by atoms with Gasteiger partial charge in [0.05, 0.1) is 11.1 Å². The second kappa shape index (κ2) is 8.21. The van der Waals surface area contributed by atoms with Crippen molar-refractivity contribution >= 4 is 29.3 Å². The van der Waals surface area contributed by atoms with E-state index in [-0.39, 0.29) is 11.9 Å². The minimum Gasteiger partial charge on any atom is -0.347 e. The number of rotatable bonds is 5. The van der Waals surface area contributed by atoms with Crippen molar-refractivity contribution in [1.29, 1.82) is 0 Å². The Morgan fingerprint density at radius 1 is 1.28 bits per heavy atom. The van der Waals surface area contributed by atoms with Crippen LogP contribution in [0.1, 0.15) is 12.0 Å². The maximum atomic E-state index is 12.6. The Hall–Kier alpha value is -1.56. The van der Waals surface area contributed by atoms with Gasteiger partial charge in [-0.2, -0.15) is 0 Å². The minimum absolute atomic E-state index is 0.0908. The van der Waals surface area contributed by atoms with Crippen molar-refractivity contribution in [2.75, 3.05) is 20.6 Å². The van der Waals surface area contributed by atoms with E-state index in [0.29, 0.717) is 5.25 Å². The Bertz CT molecular complexity index is 708. The number of likely N-dealkylation sites (tertiary alicyclic amines) is 1. The van der Waals surface area contributed by atoms with Crippen LogP contribution in [0.5, 0.6) is 0 Å². The lowest BCUT2D eigenvalue weighted by Gasteiger charge is -2.25. The van der Waals surface area contributed by atoms with Gasteiger partial charge in [0, 0.05) is 43.7 Å². The van der Waals surface area contributed by atoms with Gasteiger partial charge in [0.15, 0.2) is 0 Å². The molecular weight excluding hydrogens is 354 g/mol. The van der Waals surface area contributed by atoms with E-state index in [1.807, 2.05) is 62.8 Å². The van der Waals surface area contributed by atoms with Crippen molar-refractivity contribution in [3.05, 3.63) is 59.2 Å². The van der Waals surface area contributed by atoms with E-state index in [2.05, 4.69) is 9.88 Å². The molecule has 1 amide bonds. The predicted molar refractivity (Wildman–Crippen MR) is 103 cm³/mol. The van der Waals surface area contributed by atoms with Gasteiger partial charge in [-0.25, -0.2) is 4.98 Å².